The first-order valence-electron chi connectivity index (χ1n) is 9.64. The molecule has 3 aromatic rings. The number of carbonyl (C=O) groups excluding carboxylic acids is 1. The van der Waals surface area contributed by atoms with E-state index in [0.29, 0.717) is 6.42 Å². The number of sulfonamides is 1. The number of aryl methyl sites for hydroxylation is 1. The molecular weight excluding hydrogens is 418 g/mol. The number of benzene rings is 2. The van der Waals surface area contributed by atoms with Gasteiger partial charge in [-0.1, -0.05) is 23.8 Å². The molecule has 1 aromatic heterocycles. The van der Waals surface area contributed by atoms with E-state index in [-0.39, 0.29) is 18.4 Å². The van der Waals surface area contributed by atoms with Crippen molar-refractivity contribution in [1.82, 2.24) is 4.98 Å². The summed E-state index contributed by atoms with van der Waals surface area (Å²) < 4.78 is 25.7. The minimum absolute atomic E-state index is 0.0956. The van der Waals surface area contributed by atoms with Gasteiger partial charge in [0.2, 0.25) is 15.9 Å². The molecule has 0 unspecified atom stereocenters. The molecule has 1 aliphatic heterocycles. The number of hydrogen-bond acceptors (Lipinski definition) is 5. The quantitative estimate of drug-likeness (QED) is 0.649. The molecule has 0 spiro atoms. The molecule has 8 heteroatoms. The molecule has 1 aliphatic rings. The van der Waals surface area contributed by atoms with Crippen LogP contribution in [0.15, 0.2) is 47.8 Å². The molecule has 0 aliphatic carbocycles. The van der Waals surface area contributed by atoms with Crippen molar-refractivity contribution in [3.63, 3.8) is 0 Å². The summed E-state index contributed by atoms with van der Waals surface area (Å²) in [5.41, 5.74) is 5.37. The number of carbonyl (C=O) groups is 1. The van der Waals surface area contributed by atoms with Gasteiger partial charge in [-0.15, -0.1) is 11.3 Å². The van der Waals surface area contributed by atoms with E-state index < -0.39 is 10.0 Å². The van der Waals surface area contributed by atoms with Crippen molar-refractivity contribution < 1.29 is 13.2 Å². The van der Waals surface area contributed by atoms with Gasteiger partial charge in [0.15, 0.2) is 0 Å². The maximum atomic E-state index is 12.3. The Morgan fingerprint density at radius 3 is 2.67 bits per heavy atom. The molecule has 1 atom stereocenters. The van der Waals surface area contributed by atoms with E-state index in [1.807, 2.05) is 61.7 Å². The minimum atomic E-state index is -3.30. The van der Waals surface area contributed by atoms with Crippen molar-refractivity contribution >= 4 is 38.6 Å². The van der Waals surface area contributed by atoms with Crippen LogP contribution in [0.3, 0.4) is 0 Å². The normalized spacial score (nSPS) is 15.8. The zero-order chi connectivity index (χ0) is 21.5. The average Bonchev–Trinajstić information content (AvgIpc) is 3.25. The lowest BCUT2D eigenvalue weighted by Gasteiger charge is -2.21. The van der Waals surface area contributed by atoms with Gasteiger partial charge < -0.3 is 5.32 Å². The summed E-state index contributed by atoms with van der Waals surface area (Å²) in [5.74, 6) is -0.105. The fraction of sp³-hybridized carbons (Fsp3) is 0.273. The van der Waals surface area contributed by atoms with Gasteiger partial charge in [0, 0.05) is 22.7 Å². The Kier molecular flexibility index (Phi) is 5.38. The van der Waals surface area contributed by atoms with E-state index in [0.717, 1.165) is 38.8 Å². The predicted molar refractivity (Wildman–Crippen MR) is 122 cm³/mol. The molecule has 0 fully saturated rings. The second kappa shape index (κ2) is 7.85. The Labute approximate surface area is 180 Å². The molecule has 0 saturated carbocycles. The summed E-state index contributed by atoms with van der Waals surface area (Å²) in [6, 6.07) is 13.3. The number of fused-ring (bicyclic) bond motifs is 1. The maximum Gasteiger partial charge on any atom is 0.232 e. The van der Waals surface area contributed by atoms with Crippen LogP contribution in [0.4, 0.5) is 11.4 Å². The van der Waals surface area contributed by atoms with Crippen LogP contribution < -0.4 is 9.62 Å². The molecular formula is C22H23N3O3S2. The number of hydrogen-bond donors (Lipinski definition) is 1. The van der Waals surface area contributed by atoms with Gasteiger partial charge in [0.1, 0.15) is 5.01 Å². The molecule has 30 heavy (non-hydrogen) atoms. The number of aromatic nitrogens is 1. The summed E-state index contributed by atoms with van der Waals surface area (Å²) in [5, 5.41) is 5.56. The highest BCUT2D eigenvalue weighted by molar-refractivity contribution is 7.92. The predicted octanol–water partition coefficient (Wildman–Crippen LogP) is 4.01. The lowest BCUT2D eigenvalue weighted by atomic mass is 10.1. The minimum Gasteiger partial charge on any atom is -0.326 e. The van der Waals surface area contributed by atoms with Crippen LogP contribution in [-0.2, 0) is 27.7 Å². The van der Waals surface area contributed by atoms with Crippen molar-refractivity contribution in [3.8, 4) is 11.3 Å². The van der Waals surface area contributed by atoms with Crippen molar-refractivity contribution in [2.75, 3.05) is 15.9 Å². The second-order valence-electron chi connectivity index (χ2n) is 7.67. The van der Waals surface area contributed by atoms with Crippen molar-refractivity contribution in [2.45, 2.75) is 32.7 Å². The molecule has 1 amide bonds. The van der Waals surface area contributed by atoms with E-state index in [2.05, 4.69) is 10.3 Å². The molecule has 2 aromatic carbocycles. The highest BCUT2D eigenvalue weighted by atomic mass is 32.2. The van der Waals surface area contributed by atoms with Gasteiger partial charge in [-0.25, -0.2) is 13.4 Å². The maximum absolute atomic E-state index is 12.3. The lowest BCUT2D eigenvalue weighted by molar-refractivity contribution is -0.115. The molecule has 6 nitrogen and oxygen atoms in total. The molecule has 156 valence electrons. The number of thiazole rings is 1. The van der Waals surface area contributed by atoms with Gasteiger partial charge in [-0.3, -0.25) is 9.10 Å². The van der Waals surface area contributed by atoms with Crippen molar-refractivity contribution in [3.05, 3.63) is 64.0 Å². The van der Waals surface area contributed by atoms with Crippen LogP contribution >= 0.6 is 11.3 Å². The second-order valence-corrected chi connectivity index (χ2v) is 10.5. The molecule has 2 heterocycles. The van der Waals surface area contributed by atoms with E-state index in [9.17, 15) is 13.2 Å². The van der Waals surface area contributed by atoms with Crippen LogP contribution in [0.1, 0.15) is 23.1 Å². The zero-order valence-electron chi connectivity index (χ0n) is 17.0. The van der Waals surface area contributed by atoms with E-state index in [4.69, 9.17) is 0 Å². The first kappa shape index (κ1) is 20.6. The third-order valence-corrected chi connectivity index (χ3v) is 7.20. The summed E-state index contributed by atoms with van der Waals surface area (Å²) in [6.07, 6.45) is 2.12. The Morgan fingerprint density at radius 1 is 1.23 bits per heavy atom. The monoisotopic (exact) mass is 441 g/mol. The smallest absolute Gasteiger partial charge is 0.232 e. The Morgan fingerprint density at radius 2 is 1.97 bits per heavy atom. The number of nitrogens with zero attached hydrogens (tertiary/aromatic N) is 2. The molecule has 0 bridgehead atoms. The van der Waals surface area contributed by atoms with Crippen LogP contribution in [0, 0.1) is 6.92 Å². The standard InChI is InChI=1S/C22H23N3O3S2/c1-14-4-7-18(8-5-14)23-21(26)12-22-24-19(13-29-22)16-6-9-20-17(11-16)10-15(2)25(20)30(3,27)28/h4-9,11,13,15H,10,12H2,1-3H3,(H,23,26)/t15-/m0/s1. The first-order chi connectivity index (χ1) is 14.2. The zero-order valence-corrected chi connectivity index (χ0v) is 18.7. The number of anilines is 2. The van der Waals surface area contributed by atoms with Gasteiger partial charge in [0.05, 0.1) is 24.1 Å². The molecule has 0 saturated heterocycles. The van der Waals surface area contributed by atoms with E-state index in [1.165, 1.54) is 21.9 Å². The van der Waals surface area contributed by atoms with E-state index >= 15 is 0 Å². The number of rotatable bonds is 5. The van der Waals surface area contributed by atoms with Gasteiger partial charge in [-0.05, 0) is 50.1 Å². The fourth-order valence-corrected chi connectivity index (χ4v) is 5.84. The van der Waals surface area contributed by atoms with Crippen LogP contribution in [0.2, 0.25) is 0 Å². The van der Waals surface area contributed by atoms with E-state index in [1.54, 1.807) is 0 Å². The highest BCUT2D eigenvalue weighted by Crippen LogP contribution is 2.37. The van der Waals surface area contributed by atoms with Crippen LogP contribution in [0.5, 0.6) is 0 Å². The average molecular weight is 442 g/mol. The SMILES string of the molecule is Cc1ccc(NC(=O)Cc2nc(-c3ccc4c(c3)C[C@H](C)N4S(C)(=O)=O)cs2)cc1. The van der Waals surface area contributed by atoms with Crippen LogP contribution in [-0.4, -0.2) is 31.6 Å². The van der Waals surface area contributed by atoms with Crippen LogP contribution in [0.25, 0.3) is 11.3 Å². The highest BCUT2D eigenvalue weighted by Gasteiger charge is 2.32. The summed E-state index contributed by atoms with van der Waals surface area (Å²) in [6.45, 7) is 3.91. The molecule has 4 rings (SSSR count). The van der Waals surface area contributed by atoms with Gasteiger partial charge in [-0.2, -0.15) is 0 Å². The summed E-state index contributed by atoms with van der Waals surface area (Å²) in [7, 11) is -3.30. The van der Waals surface area contributed by atoms with Gasteiger partial charge in [0.25, 0.3) is 0 Å². The third-order valence-electron chi connectivity index (χ3n) is 5.08. The summed E-state index contributed by atoms with van der Waals surface area (Å²) in [4.78, 5) is 16.9. The largest absolute Gasteiger partial charge is 0.326 e. The fourth-order valence-electron chi connectivity index (χ4n) is 3.77. The Balaban J connectivity index is 1.49. The van der Waals surface area contributed by atoms with Crippen molar-refractivity contribution in [2.24, 2.45) is 0 Å². The Hall–Kier alpha value is -2.71. The number of amides is 1. The lowest BCUT2D eigenvalue weighted by Crippen LogP contribution is -2.34. The first-order valence-corrected chi connectivity index (χ1v) is 12.4. The Bertz CT molecular complexity index is 1200. The topological polar surface area (TPSA) is 79.4 Å². The number of nitrogens with one attached hydrogen (secondary N) is 1. The van der Waals surface area contributed by atoms with Gasteiger partial charge >= 0.3 is 0 Å². The molecule has 1 N–H and O–H groups in total. The third kappa shape index (κ3) is 4.24. The van der Waals surface area contributed by atoms with Crippen molar-refractivity contribution in [1.29, 1.82) is 0 Å². The molecule has 0 radical (unpaired) electrons. The summed E-state index contributed by atoms with van der Waals surface area (Å²) >= 11 is 1.45.